The minimum absolute atomic E-state index is 0. The molecule has 1 rings (SSSR count). The summed E-state index contributed by atoms with van der Waals surface area (Å²) in [6, 6.07) is 0. The van der Waals surface area contributed by atoms with Gasteiger partial charge in [-0.05, 0) is 18.8 Å². The van der Waals surface area contributed by atoms with Crippen LogP contribution in [0.2, 0.25) is 0 Å². The number of piperidine rings is 1. The van der Waals surface area contributed by atoms with Gasteiger partial charge in [-0.1, -0.05) is 20.8 Å². The Bertz CT molecular complexity index is 424. The van der Waals surface area contributed by atoms with E-state index in [4.69, 9.17) is 5.73 Å². The second-order valence-electron chi connectivity index (χ2n) is 5.33. The third kappa shape index (κ3) is 6.68. The maximum Gasteiger partial charge on any atom is 0.215 e. The lowest BCUT2D eigenvalue weighted by atomic mass is 10.0. The molecule has 0 aliphatic carbocycles. The van der Waals surface area contributed by atoms with Crippen LogP contribution < -0.4 is 5.73 Å². The molecule has 1 heterocycles. The van der Waals surface area contributed by atoms with Crippen LogP contribution in [0.3, 0.4) is 0 Å². The van der Waals surface area contributed by atoms with E-state index >= 15 is 0 Å². The zero-order valence-corrected chi connectivity index (χ0v) is 16.4. The molecule has 126 valence electrons. The van der Waals surface area contributed by atoms with Gasteiger partial charge in [0, 0.05) is 26.2 Å². The zero-order valence-electron chi connectivity index (χ0n) is 13.3. The number of nitrogens with zero attached hydrogens (tertiary/aromatic N) is 3. The Kier molecular flexibility index (Phi) is 9.79. The molecule has 0 spiro atoms. The molecule has 0 aromatic carbocycles. The van der Waals surface area contributed by atoms with Gasteiger partial charge < -0.3 is 10.6 Å². The fourth-order valence-corrected chi connectivity index (χ4v) is 3.89. The maximum absolute atomic E-state index is 12.0. The Morgan fingerprint density at radius 3 is 2.52 bits per heavy atom. The van der Waals surface area contributed by atoms with Crippen LogP contribution in [0.15, 0.2) is 4.99 Å². The molecule has 1 fully saturated rings. The van der Waals surface area contributed by atoms with Gasteiger partial charge >= 0.3 is 0 Å². The SMILES string of the molecule is CCN(CC)S(=O)(=O)CCN=C(N)N1CCCC(C)C1.I. The quantitative estimate of drug-likeness (QED) is 0.390. The van der Waals surface area contributed by atoms with Gasteiger partial charge in [0.15, 0.2) is 5.96 Å². The summed E-state index contributed by atoms with van der Waals surface area (Å²) in [7, 11) is -3.21. The second kappa shape index (κ2) is 9.83. The molecule has 0 amide bonds. The molecule has 21 heavy (non-hydrogen) atoms. The Morgan fingerprint density at radius 2 is 2.00 bits per heavy atom. The summed E-state index contributed by atoms with van der Waals surface area (Å²) in [5.74, 6) is 1.13. The van der Waals surface area contributed by atoms with Gasteiger partial charge in [0.1, 0.15) is 0 Å². The van der Waals surface area contributed by atoms with E-state index in [1.54, 1.807) is 0 Å². The van der Waals surface area contributed by atoms with Crippen molar-refractivity contribution in [3.05, 3.63) is 0 Å². The van der Waals surface area contributed by atoms with E-state index < -0.39 is 10.0 Å². The molecule has 6 nitrogen and oxygen atoms in total. The van der Waals surface area contributed by atoms with Crippen molar-refractivity contribution < 1.29 is 8.42 Å². The monoisotopic (exact) mass is 432 g/mol. The lowest BCUT2D eigenvalue weighted by Crippen LogP contribution is -2.43. The molecular formula is C13H29IN4O2S. The van der Waals surface area contributed by atoms with E-state index in [-0.39, 0.29) is 36.3 Å². The summed E-state index contributed by atoms with van der Waals surface area (Å²) in [4.78, 5) is 6.29. The van der Waals surface area contributed by atoms with E-state index in [9.17, 15) is 8.42 Å². The molecule has 1 atom stereocenters. The van der Waals surface area contributed by atoms with Crippen LogP contribution in [-0.2, 0) is 10.0 Å². The minimum Gasteiger partial charge on any atom is -0.370 e. The number of sulfonamides is 1. The van der Waals surface area contributed by atoms with Crippen molar-refractivity contribution >= 4 is 40.0 Å². The third-order valence-corrected chi connectivity index (χ3v) is 5.70. The standard InChI is InChI=1S/C13H28N4O2S.HI/c1-4-17(5-2)20(18,19)10-8-15-13(14)16-9-6-7-12(3)11-16;/h12H,4-11H2,1-3H3,(H2,14,15);1H. The fourth-order valence-electron chi connectivity index (χ4n) is 2.52. The van der Waals surface area contributed by atoms with Gasteiger partial charge in [0.25, 0.3) is 0 Å². The van der Waals surface area contributed by atoms with Crippen molar-refractivity contribution in [3.63, 3.8) is 0 Å². The Morgan fingerprint density at radius 1 is 1.38 bits per heavy atom. The molecule has 1 unspecified atom stereocenters. The second-order valence-corrected chi connectivity index (χ2v) is 7.42. The highest BCUT2D eigenvalue weighted by Gasteiger charge is 2.19. The van der Waals surface area contributed by atoms with E-state index in [1.165, 1.54) is 10.7 Å². The molecule has 8 heteroatoms. The number of guanidine groups is 1. The summed E-state index contributed by atoms with van der Waals surface area (Å²) >= 11 is 0. The fraction of sp³-hybridized carbons (Fsp3) is 0.923. The van der Waals surface area contributed by atoms with Gasteiger partial charge in [0.05, 0.1) is 12.3 Å². The summed E-state index contributed by atoms with van der Waals surface area (Å²) in [5.41, 5.74) is 5.95. The van der Waals surface area contributed by atoms with Crippen molar-refractivity contribution in [2.75, 3.05) is 38.5 Å². The van der Waals surface area contributed by atoms with E-state index in [1.807, 2.05) is 13.8 Å². The van der Waals surface area contributed by atoms with Crippen LogP contribution in [0.25, 0.3) is 0 Å². The number of nitrogens with two attached hydrogens (primary N) is 1. The van der Waals surface area contributed by atoms with Gasteiger partial charge in [-0.25, -0.2) is 12.7 Å². The average molecular weight is 432 g/mol. The van der Waals surface area contributed by atoms with Crippen molar-refractivity contribution in [1.82, 2.24) is 9.21 Å². The van der Waals surface area contributed by atoms with Gasteiger partial charge in [-0.15, -0.1) is 24.0 Å². The normalized spacial score (nSPS) is 20.5. The van der Waals surface area contributed by atoms with Crippen molar-refractivity contribution in [2.24, 2.45) is 16.6 Å². The number of likely N-dealkylation sites (tertiary alicyclic amines) is 1. The number of halogens is 1. The van der Waals surface area contributed by atoms with Gasteiger partial charge in [-0.3, -0.25) is 4.99 Å². The molecule has 0 radical (unpaired) electrons. The van der Waals surface area contributed by atoms with E-state index in [0.29, 0.717) is 25.0 Å². The molecule has 1 aliphatic heterocycles. The highest BCUT2D eigenvalue weighted by molar-refractivity contribution is 14.0. The first-order chi connectivity index (χ1) is 9.40. The van der Waals surface area contributed by atoms with Gasteiger partial charge in [-0.2, -0.15) is 0 Å². The number of hydrogen-bond acceptors (Lipinski definition) is 3. The van der Waals surface area contributed by atoms with Crippen LogP contribution in [0, 0.1) is 5.92 Å². The van der Waals surface area contributed by atoms with Crippen molar-refractivity contribution in [3.8, 4) is 0 Å². The molecule has 0 bridgehead atoms. The van der Waals surface area contributed by atoms with Gasteiger partial charge in [0.2, 0.25) is 10.0 Å². The lowest BCUT2D eigenvalue weighted by molar-refractivity contribution is 0.270. The first-order valence-electron chi connectivity index (χ1n) is 7.43. The van der Waals surface area contributed by atoms with Crippen LogP contribution in [0.4, 0.5) is 0 Å². The first-order valence-corrected chi connectivity index (χ1v) is 9.04. The van der Waals surface area contributed by atoms with E-state index in [2.05, 4.69) is 16.8 Å². The summed E-state index contributed by atoms with van der Waals surface area (Å²) < 4.78 is 25.5. The van der Waals surface area contributed by atoms with Crippen LogP contribution in [0.1, 0.15) is 33.6 Å². The van der Waals surface area contributed by atoms with Crippen LogP contribution >= 0.6 is 24.0 Å². The Labute approximate surface area is 146 Å². The smallest absolute Gasteiger partial charge is 0.215 e. The summed E-state index contributed by atoms with van der Waals surface area (Å²) in [5, 5.41) is 0. The minimum atomic E-state index is -3.21. The third-order valence-electron chi connectivity index (χ3n) is 3.70. The molecule has 0 aromatic rings. The molecule has 2 N–H and O–H groups in total. The first kappa shape index (κ1) is 20.9. The molecular weight excluding hydrogens is 403 g/mol. The molecule has 0 saturated carbocycles. The topological polar surface area (TPSA) is 79.0 Å². The maximum atomic E-state index is 12.0. The highest BCUT2D eigenvalue weighted by Crippen LogP contribution is 2.14. The van der Waals surface area contributed by atoms with Crippen molar-refractivity contribution in [2.45, 2.75) is 33.6 Å². The zero-order chi connectivity index (χ0) is 15.2. The lowest BCUT2D eigenvalue weighted by Gasteiger charge is -2.31. The summed E-state index contributed by atoms with van der Waals surface area (Å²) in [6.45, 7) is 8.95. The largest absolute Gasteiger partial charge is 0.370 e. The molecule has 1 aliphatic rings. The highest BCUT2D eigenvalue weighted by atomic mass is 127. The molecule has 1 saturated heterocycles. The Balaban J connectivity index is 0.00000400. The summed E-state index contributed by atoms with van der Waals surface area (Å²) in [6.07, 6.45) is 2.34. The molecule has 0 aromatic heterocycles. The van der Waals surface area contributed by atoms with Crippen LogP contribution in [0.5, 0.6) is 0 Å². The predicted octanol–water partition coefficient (Wildman–Crippen LogP) is 1.32. The number of hydrogen-bond donors (Lipinski definition) is 1. The van der Waals surface area contributed by atoms with Crippen LogP contribution in [-0.4, -0.2) is 62.1 Å². The predicted molar refractivity (Wildman–Crippen MR) is 98.6 cm³/mol. The van der Waals surface area contributed by atoms with E-state index in [0.717, 1.165) is 19.5 Å². The number of rotatable bonds is 6. The number of aliphatic imine (C=N–C) groups is 1. The van der Waals surface area contributed by atoms with Crippen molar-refractivity contribution in [1.29, 1.82) is 0 Å². The average Bonchev–Trinajstić information content (AvgIpc) is 2.39. The Hall–Kier alpha value is -0.0900.